The number of anilines is 1. The van der Waals surface area contributed by atoms with Crippen molar-refractivity contribution in [2.24, 2.45) is 11.1 Å². The van der Waals surface area contributed by atoms with E-state index < -0.39 is 41.6 Å². The van der Waals surface area contributed by atoms with Gasteiger partial charge in [0, 0.05) is 24.0 Å². The Morgan fingerprint density at radius 3 is 2.64 bits per heavy atom. The molecule has 0 spiro atoms. The van der Waals surface area contributed by atoms with Gasteiger partial charge in [-0.2, -0.15) is 0 Å². The van der Waals surface area contributed by atoms with Crippen molar-refractivity contribution in [1.29, 1.82) is 0 Å². The average Bonchev–Trinajstić information content (AvgIpc) is 3.66. The molecule has 1 fully saturated rings. The molecule has 42 heavy (non-hydrogen) atoms. The van der Waals surface area contributed by atoms with Crippen LogP contribution in [-0.4, -0.2) is 88.3 Å². The van der Waals surface area contributed by atoms with E-state index in [1.807, 2.05) is 0 Å². The number of ketones is 1. The summed E-state index contributed by atoms with van der Waals surface area (Å²) in [7, 11) is 1.22. The molecule has 3 amide bonds. The van der Waals surface area contributed by atoms with Crippen LogP contribution < -0.4 is 10.6 Å². The second kappa shape index (κ2) is 13.0. The molecule has 1 aromatic carbocycles. The van der Waals surface area contributed by atoms with E-state index in [2.05, 4.69) is 33.9 Å². The number of nitrogens with zero attached hydrogens (tertiary/aromatic N) is 4. The number of carboxylic acids is 1. The molecule has 0 aliphatic carbocycles. The number of aliphatic carboxylic acids is 1. The van der Waals surface area contributed by atoms with Gasteiger partial charge in [-0.15, -0.1) is 17.9 Å². The van der Waals surface area contributed by atoms with Gasteiger partial charge in [0.05, 0.1) is 5.92 Å². The Kier molecular flexibility index (Phi) is 9.24. The van der Waals surface area contributed by atoms with E-state index in [9.17, 15) is 29.1 Å². The second-order valence-electron chi connectivity index (χ2n) is 8.82. The molecule has 14 nitrogen and oxygen atoms in total. The van der Waals surface area contributed by atoms with E-state index in [0.717, 1.165) is 16.3 Å². The van der Waals surface area contributed by atoms with Crippen molar-refractivity contribution in [3.63, 3.8) is 0 Å². The van der Waals surface area contributed by atoms with Crippen LogP contribution in [0, 0.1) is 5.92 Å². The number of hydrogen-bond donors (Lipinski definition) is 3. The summed E-state index contributed by atoms with van der Waals surface area (Å²) in [4.78, 5) is 73.1. The largest absolute Gasteiger partial charge is 0.481 e. The van der Waals surface area contributed by atoms with Gasteiger partial charge < -0.3 is 20.0 Å². The lowest BCUT2D eigenvalue weighted by molar-refractivity contribution is -0.139. The van der Waals surface area contributed by atoms with Crippen molar-refractivity contribution in [3.8, 4) is 0 Å². The van der Waals surface area contributed by atoms with E-state index in [1.165, 1.54) is 29.7 Å². The summed E-state index contributed by atoms with van der Waals surface area (Å²) in [6.45, 7) is 6.93. The number of rotatable bonds is 12. The molecular weight excluding hydrogens is 568 g/mol. The minimum absolute atomic E-state index is 0.00774. The van der Waals surface area contributed by atoms with Gasteiger partial charge in [0.25, 0.3) is 11.8 Å². The lowest BCUT2D eigenvalue weighted by Gasteiger charge is -2.21. The van der Waals surface area contributed by atoms with E-state index in [4.69, 9.17) is 9.57 Å². The first-order valence-corrected chi connectivity index (χ1v) is 13.3. The van der Waals surface area contributed by atoms with Gasteiger partial charge >= 0.3 is 12.1 Å². The molecule has 2 atom stereocenters. The number of hydrazine groups is 1. The highest BCUT2D eigenvalue weighted by Crippen LogP contribution is 2.35. The van der Waals surface area contributed by atoms with Crippen LogP contribution in [0.1, 0.15) is 16.1 Å². The number of allylic oxidation sites excluding steroid dienone is 1. The molecule has 0 saturated carbocycles. The number of hydrogen-bond acceptors (Lipinski definition) is 11. The topological polar surface area (TPSA) is 180 Å². The number of aromatic nitrogens is 1. The summed E-state index contributed by atoms with van der Waals surface area (Å²) in [6.07, 6.45) is 1.83. The number of carbonyl (C=O) groups excluding carboxylic acids is 4. The van der Waals surface area contributed by atoms with Crippen LogP contribution in [0.4, 0.5) is 9.93 Å². The first-order chi connectivity index (χ1) is 20.2. The van der Waals surface area contributed by atoms with Gasteiger partial charge in [0.15, 0.2) is 10.8 Å². The van der Waals surface area contributed by atoms with Crippen LogP contribution in [0.3, 0.4) is 0 Å². The molecule has 3 heterocycles. The molecule has 4 rings (SSSR count). The number of nitrogens with one attached hydrogen (secondary N) is 2. The summed E-state index contributed by atoms with van der Waals surface area (Å²) in [5, 5.41) is 22.7. The number of benzene rings is 1. The number of carbonyl (C=O) groups is 5. The fraction of sp³-hybridized carbons (Fsp3) is 0.222. The predicted octanol–water partition coefficient (Wildman–Crippen LogP) is 1.81. The highest BCUT2D eigenvalue weighted by atomic mass is 32.1. The average molecular weight is 595 g/mol. The molecule has 0 bridgehead atoms. The van der Waals surface area contributed by atoms with Gasteiger partial charge in [-0.25, -0.2) is 19.8 Å². The third-order valence-corrected chi connectivity index (χ3v) is 6.93. The molecule has 1 saturated heterocycles. The molecule has 1 unspecified atom stereocenters. The first kappa shape index (κ1) is 29.8. The second-order valence-corrected chi connectivity index (χ2v) is 9.67. The zero-order valence-corrected chi connectivity index (χ0v) is 23.1. The molecule has 3 N–H and O–H groups in total. The van der Waals surface area contributed by atoms with Gasteiger partial charge in [0.1, 0.15) is 31.1 Å². The number of carboxylic acid groups (broad SMARTS) is 1. The van der Waals surface area contributed by atoms with E-state index >= 15 is 0 Å². The van der Waals surface area contributed by atoms with E-state index in [0.29, 0.717) is 0 Å². The van der Waals surface area contributed by atoms with Crippen LogP contribution in [0.5, 0.6) is 0 Å². The summed E-state index contributed by atoms with van der Waals surface area (Å²) < 4.78 is 4.84. The molecule has 1 aromatic heterocycles. The number of amides is 3. The third-order valence-electron chi connectivity index (χ3n) is 6.17. The summed E-state index contributed by atoms with van der Waals surface area (Å²) >= 11 is 1.00. The zero-order valence-electron chi connectivity index (χ0n) is 22.3. The SMILES string of the molecule is C=CCOC(=O)Nc1nc(/C(=N/OC)C(=O)N[C@H]2CN3CC(C(C=C)C(=O)O)=C(C(=O)c4ccccc4)N3C2=O)cs1. The minimum Gasteiger partial charge on any atom is -0.481 e. The van der Waals surface area contributed by atoms with Crippen molar-refractivity contribution in [2.45, 2.75) is 6.04 Å². The van der Waals surface area contributed by atoms with Crippen molar-refractivity contribution in [2.75, 3.05) is 32.1 Å². The molecule has 0 radical (unpaired) electrons. The fourth-order valence-electron chi connectivity index (χ4n) is 4.39. The van der Waals surface area contributed by atoms with Gasteiger partial charge in [-0.05, 0) is 5.57 Å². The lowest BCUT2D eigenvalue weighted by atomic mass is 9.94. The van der Waals surface area contributed by atoms with Crippen molar-refractivity contribution >= 4 is 51.8 Å². The Balaban J connectivity index is 1.56. The molecular formula is C27H26N6O8S. The highest BCUT2D eigenvalue weighted by molar-refractivity contribution is 7.14. The molecule has 2 aliphatic rings. The Morgan fingerprint density at radius 1 is 1.26 bits per heavy atom. The summed E-state index contributed by atoms with van der Waals surface area (Å²) in [5.41, 5.74) is 0.156. The van der Waals surface area contributed by atoms with Gasteiger partial charge in [-0.3, -0.25) is 24.5 Å². The maximum Gasteiger partial charge on any atom is 0.413 e. The van der Waals surface area contributed by atoms with Crippen LogP contribution in [0.2, 0.25) is 0 Å². The van der Waals surface area contributed by atoms with E-state index in [-0.39, 0.29) is 53.1 Å². The zero-order chi connectivity index (χ0) is 30.4. The summed E-state index contributed by atoms with van der Waals surface area (Å²) in [6, 6.07) is 7.02. The normalized spacial score (nSPS) is 17.4. The number of Topliss-reactive ketones (excluding diaryl/α,β-unsaturated/α-hetero) is 1. The third kappa shape index (κ3) is 6.11. The molecule has 2 aromatic rings. The lowest BCUT2D eigenvalue weighted by Crippen LogP contribution is -2.46. The number of oxime groups is 1. The minimum atomic E-state index is -1.22. The number of thiazole rings is 1. The van der Waals surface area contributed by atoms with Crippen LogP contribution in [0.25, 0.3) is 0 Å². The Hall–Kier alpha value is -5.15. The Bertz CT molecular complexity index is 1500. The first-order valence-electron chi connectivity index (χ1n) is 12.4. The quantitative estimate of drug-likeness (QED) is 0.142. The Labute approximate surface area is 243 Å². The fourth-order valence-corrected chi connectivity index (χ4v) is 5.07. The molecule has 218 valence electrons. The van der Waals surface area contributed by atoms with Gasteiger partial charge in [0.2, 0.25) is 5.78 Å². The highest BCUT2D eigenvalue weighted by Gasteiger charge is 2.49. The number of fused-ring (bicyclic) bond motifs is 1. The summed E-state index contributed by atoms with van der Waals surface area (Å²) in [5.74, 6) is -4.42. The monoisotopic (exact) mass is 594 g/mol. The molecule has 15 heteroatoms. The van der Waals surface area contributed by atoms with Crippen LogP contribution >= 0.6 is 11.3 Å². The van der Waals surface area contributed by atoms with Crippen LogP contribution in [-0.2, 0) is 24.0 Å². The van der Waals surface area contributed by atoms with Gasteiger partial charge in [-0.1, -0.05) is 54.2 Å². The van der Waals surface area contributed by atoms with Crippen molar-refractivity contribution < 1.29 is 38.7 Å². The van der Waals surface area contributed by atoms with Crippen LogP contribution in [0.15, 0.2) is 77.4 Å². The smallest absolute Gasteiger partial charge is 0.413 e. The maximum atomic E-state index is 13.6. The van der Waals surface area contributed by atoms with E-state index in [1.54, 1.807) is 30.3 Å². The maximum absolute atomic E-state index is 13.6. The standard InChI is InChI=1S/C27H26N6O8S/c1-4-11-41-27(39)30-26-29-19(14-42-26)20(31-40-3)23(35)28-18-13-32-12-17(16(5-2)25(37)38)21(33(32)24(18)36)22(34)15-9-7-6-8-10-15/h4-10,14,16,18H,1-2,11-13H2,3H3,(H,28,35)(H,37,38)(H,29,30,39)/b31-20-/t16?,18-/m0/s1. The Morgan fingerprint density at radius 2 is 2.00 bits per heavy atom. The number of ether oxygens (including phenoxy) is 1. The predicted molar refractivity (Wildman–Crippen MR) is 150 cm³/mol. The van der Waals surface area contributed by atoms with Crippen molar-refractivity contribution in [1.82, 2.24) is 20.3 Å². The van der Waals surface area contributed by atoms with Crippen molar-refractivity contribution in [3.05, 3.63) is 83.5 Å². The molecule has 2 aliphatic heterocycles.